The van der Waals surface area contributed by atoms with Crippen molar-refractivity contribution in [2.45, 2.75) is 13.0 Å². The second-order valence-corrected chi connectivity index (χ2v) is 5.08. The minimum absolute atomic E-state index is 0.448. The molecule has 4 nitrogen and oxygen atoms in total. The third kappa shape index (κ3) is 5.96. The maximum atomic E-state index is 5.78. The van der Waals surface area contributed by atoms with E-state index in [1.807, 2.05) is 18.2 Å². The molecular weight excluding hydrogens is 272 g/mol. The zero-order valence-electron chi connectivity index (χ0n) is 12.3. The van der Waals surface area contributed by atoms with Crippen LogP contribution in [0.25, 0.3) is 0 Å². The van der Waals surface area contributed by atoms with Gasteiger partial charge in [0.1, 0.15) is 4.99 Å². The minimum Gasteiger partial charge on any atom is -0.389 e. The van der Waals surface area contributed by atoms with Gasteiger partial charge in [0.15, 0.2) is 0 Å². The summed E-state index contributed by atoms with van der Waals surface area (Å²) in [6, 6.07) is 8.02. The van der Waals surface area contributed by atoms with E-state index in [0.29, 0.717) is 11.6 Å². The monoisotopic (exact) mass is 296 g/mol. The van der Waals surface area contributed by atoms with E-state index in [2.05, 4.69) is 11.0 Å². The highest BCUT2D eigenvalue weighted by Crippen LogP contribution is 2.12. The van der Waals surface area contributed by atoms with E-state index < -0.39 is 0 Å². The normalized spacial score (nSPS) is 10.9. The van der Waals surface area contributed by atoms with Crippen LogP contribution in [0.2, 0.25) is 0 Å². The number of methoxy groups -OCH3 is 2. The van der Waals surface area contributed by atoms with Crippen molar-refractivity contribution in [1.29, 1.82) is 0 Å². The molecule has 0 amide bonds. The van der Waals surface area contributed by atoms with Crippen LogP contribution in [0.5, 0.6) is 0 Å². The summed E-state index contributed by atoms with van der Waals surface area (Å²) < 4.78 is 10.3. The van der Waals surface area contributed by atoms with Crippen LogP contribution in [0.4, 0.5) is 0 Å². The highest BCUT2D eigenvalue weighted by molar-refractivity contribution is 7.80. The Balaban J connectivity index is 2.69. The molecule has 0 saturated carbocycles. The molecule has 20 heavy (non-hydrogen) atoms. The summed E-state index contributed by atoms with van der Waals surface area (Å²) in [5.74, 6) is 0. The molecule has 112 valence electrons. The topological polar surface area (TPSA) is 47.7 Å². The predicted molar refractivity (Wildman–Crippen MR) is 86.0 cm³/mol. The number of nitrogens with two attached hydrogens (primary N) is 1. The molecule has 2 N–H and O–H groups in total. The molecule has 0 saturated heterocycles. The fraction of sp³-hybridized carbons (Fsp3) is 0.533. The highest BCUT2D eigenvalue weighted by Gasteiger charge is 2.10. The third-order valence-electron chi connectivity index (χ3n) is 3.11. The van der Waals surface area contributed by atoms with E-state index in [1.54, 1.807) is 14.2 Å². The SMILES string of the molecule is COCCCN(CCOC)Cc1ccccc1C(N)=S. The zero-order valence-corrected chi connectivity index (χ0v) is 13.1. The average molecular weight is 296 g/mol. The van der Waals surface area contributed by atoms with Crippen LogP contribution < -0.4 is 5.73 Å². The first-order valence-electron chi connectivity index (χ1n) is 6.77. The Hall–Kier alpha value is -1.01. The lowest BCUT2D eigenvalue weighted by atomic mass is 10.1. The number of hydrogen-bond donors (Lipinski definition) is 1. The van der Waals surface area contributed by atoms with Crippen LogP contribution in [0.15, 0.2) is 24.3 Å². The average Bonchev–Trinajstić information content (AvgIpc) is 2.45. The molecule has 0 heterocycles. The molecule has 1 aromatic rings. The molecule has 1 aromatic carbocycles. The molecule has 0 spiro atoms. The quantitative estimate of drug-likeness (QED) is 0.527. The first kappa shape index (κ1) is 17.0. The first-order chi connectivity index (χ1) is 9.69. The number of nitrogens with zero attached hydrogens (tertiary/aromatic N) is 1. The van der Waals surface area contributed by atoms with Gasteiger partial charge in [-0.15, -0.1) is 0 Å². The molecule has 0 aliphatic carbocycles. The fourth-order valence-corrected chi connectivity index (χ4v) is 2.26. The molecule has 0 radical (unpaired) electrons. The zero-order chi connectivity index (χ0) is 14.8. The maximum absolute atomic E-state index is 5.78. The fourth-order valence-electron chi connectivity index (χ4n) is 2.06. The smallest absolute Gasteiger partial charge is 0.104 e. The van der Waals surface area contributed by atoms with Gasteiger partial charge in [0.05, 0.1) is 6.61 Å². The Morgan fingerprint density at radius 3 is 2.50 bits per heavy atom. The number of hydrogen-bond acceptors (Lipinski definition) is 4. The van der Waals surface area contributed by atoms with E-state index >= 15 is 0 Å². The molecule has 0 aromatic heterocycles. The number of rotatable bonds is 10. The summed E-state index contributed by atoms with van der Waals surface area (Å²) in [5, 5.41) is 0. The van der Waals surface area contributed by atoms with Crippen molar-refractivity contribution in [1.82, 2.24) is 4.90 Å². The molecule has 0 unspecified atom stereocenters. The molecule has 0 fully saturated rings. The lowest BCUT2D eigenvalue weighted by Crippen LogP contribution is -2.29. The Kier molecular flexibility index (Phi) is 8.37. The minimum atomic E-state index is 0.448. The molecule has 0 aliphatic rings. The van der Waals surface area contributed by atoms with Gasteiger partial charge in [0, 0.05) is 46.0 Å². The van der Waals surface area contributed by atoms with E-state index in [0.717, 1.165) is 43.8 Å². The summed E-state index contributed by atoms with van der Waals surface area (Å²) in [6.07, 6.45) is 0.995. The molecule has 0 bridgehead atoms. The molecular formula is C15H24N2O2S. The van der Waals surface area contributed by atoms with Gasteiger partial charge < -0.3 is 15.2 Å². The van der Waals surface area contributed by atoms with Gasteiger partial charge in [-0.3, -0.25) is 4.90 Å². The van der Waals surface area contributed by atoms with Crippen LogP contribution in [0, 0.1) is 0 Å². The van der Waals surface area contributed by atoms with Crippen molar-refractivity contribution >= 4 is 17.2 Å². The predicted octanol–water partition coefficient (Wildman–Crippen LogP) is 1.81. The number of ether oxygens (including phenoxy) is 2. The van der Waals surface area contributed by atoms with Crippen LogP contribution >= 0.6 is 12.2 Å². The van der Waals surface area contributed by atoms with Crippen molar-refractivity contribution in [3.8, 4) is 0 Å². The Morgan fingerprint density at radius 2 is 1.85 bits per heavy atom. The van der Waals surface area contributed by atoms with Crippen molar-refractivity contribution in [3.63, 3.8) is 0 Å². The van der Waals surface area contributed by atoms with Gasteiger partial charge in [0.2, 0.25) is 0 Å². The van der Waals surface area contributed by atoms with Crippen molar-refractivity contribution in [3.05, 3.63) is 35.4 Å². The first-order valence-corrected chi connectivity index (χ1v) is 7.17. The van der Waals surface area contributed by atoms with Crippen molar-refractivity contribution in [2.75, 3.05) is 40.5 Å². The molecule has 1 rings (SSSR count). The van der Waals surface area contributed by atoms with Gasteiger partial charge in [0.25, 0.3) is 0 Å². The standard InChI is InChI=1S/C15H24N2O2S/c1-18-10-5-8-17(9-11-19-2)12-13-6-3-4-7-14(13)15(16)20/h3-4,6-7H,5,8-12H2,1-2H3,(H2,16,20). The van der Waals surface area contributed by atoms with Gasteiger partial charge in [-0.2, -0.15) is 0 Å². The van der Waals surface area contributed by atoms with Gasteiger partial charge in [-0.25, -0.2) is 0 Å². The lowest BCUT2D eigenvalue weighted by Gasteiger charge is -2.23. The Bertz CT molecular complexity index is 413. The number of benzene rings is 1. The van der Waals surface area contributed by atoms with Gasteiger partial charge in [-0.1, -0.05) is 36.5 Å². The summed E-state index contributed by atoms with van der Waals surface area (Å²) in [6.45, 7) is 4.14. The Labute approximate surface area is 126 Å². The van der Waals surface area contributed by atoms with Crippen LogP contribution in [-0.2, 0) is 16.0 Å². The van der Waals surface area contributed by atoms with E-state index in [1.165, 1.54) is 0 Å². The lowest BCUT2D eigenvalue weighted by molar-refractivity contribution is 0.129. The third-order valence-corrected chi connectivity index (χ3v) is 3.33. The van der Waals surface area contributed by atoms with Crippen LogP contribution in [-0.4, -0.2) is 50.4 Å². The van der Waals surface area contributed by atoms with E-state index in [-0.39, 0.29) is 0 Å². The molecule has 0 aliphatic heterocycles. The van der Waals surface area contributed by atoms with E-state index in [4.69, 9.17) is 27.4 Å². The summed E-state index contributed by atoms with van der Waals surface area (Å²) in [4.78, 5) is 2.78. The second kappa shape index (κ2) is 9.83. The second-order valence-electron chi connectivity index (χ2n) is 4.64. The molecule has 0 atom stereocenters. The van der Waals surface area contributed by atoms with Crippen LogP contribution in [0.1, 0.15) is 17.5 Å². The van der Waals surface area contributed by atoms with Gasteiger partial charge >= 0.3 is 0 Å². The van der Waals surface area contributed by atoms with Crippen molar-refractivity contribution in [2.24, 2.45) is 5.73 Å². The maximum Gasteiger partial charge on any atom is 0.104 e. The van der Waals surface area contributed by atoms with Crippen LogP contribution in [0.3, 0.4) is 0 Å². The summed E-state index contributed by atoms with van der Waals surface area (Å²) in [7, 11) is 3.44. The largest absolute Gasteiger partial charge is 0.389 e. The molecule has 5 heteroatoms. The van der Waals surface area contributed by atoms with Gasteiger partial charge in [-0.05, 0) is 12.0 Å². The highest BCUT2D eigenvalue weighted by atomic mass is 32.1. The summed E-state index contributed by atoms with van der Waals surface area (Å²) in [5.41, 5.74) is 7.90. The summed E-state index contributed by atoms with van der Waals surface area (Å²) >= 11 is 5.11. The van der Waals surface area contributed by atoms with Crippen molar-refractivity contribution < 1.29 is 9.47 Å². The van der Waals surface area contributed by atoms with E-state index in [9.17, 15) is 0 Å². The Morgan fingerprint density at radius 1 is 1.15 bits per heavy atom. The number of thiocarbonyl (C=S) groups is 1.